The van der Waals surface area contributed by atoms with Gasteiger partial charge in [0, 0.05) is 13.1 Å². The van der Waals surface area contributed by atoms with Crippen LogP contribution in [-0.2, 0) is 5.54 Å². The van der Waals surface area contributed by atoms with Crippen molar-refractivity contribution >= 4 is 0 Å². The lowest BCUT2D eigenvalue weighted by Gasteiger charge is -2.35. The molecule has 0 aliphatic carbocycles. The third-order valence-electron chi connectivity index (χ3n) is 4.64. The molecular formula is C18H32N2O. The maximum absolute atomic E-state index is 9.96. The second-order valence-corrected chi connectivity index (χ2v) is 6.01. The summed E-state index contributed by atoms with van der Waals surface area (Å²) in [6.07, 6.45) is 2.13. The van der Waals surface area contributed by atoms with Crippen molar-refractivity contribution in [2.24, 2.45) is 5.92 Å². The number of aliphatic hydroxyl groups excluding tert-OH is 1. The van der Waals surface area contributed by atoms with E-state index in [4.69, 9.17) is 0 Å². The highest BCUT2D eigenvalue weighted by Crippen LogP contribution is 2.24. The third kappa shape index (κ3) is 5.10. The summed E-state index contributed by atoms with van der Waals surface area (Å²) in [6.45, 7) is 10.1. The van der Waals surface area contributed by atoms with E-state index in [1.165, 1.54) is 6.42 Å². The van der Waals surface area contributed by atoms with E-state index in [0.29, 0.717) is 0 Å². The van der Waals surface area contributed by atoms with Gasteiger partial charge in [0.15, 0.2) is 0 Å². The molecule has 0 amide bonds. The fourth-order valence-corrected chi connectivity index (χ4v) is 2.72. The minimum Gasteiger partial charge on any atom is -0.394 e. The van der Waals surface area contributed by atoms with Crippen molar-refractivity contribution in [2.45, 2.75) is 39.2 Å². The van der Waals surface area contributed by atoms with E-state index in [9.17, 15) is 5.11 Å². The van der Waals surface area contributed by atoms with Crippen LogP contribution in [0.2, 0.25) is 0 Å². The number of nitrogens with one attached hydrogen (secondary N) is 1. The van der Waals surface area contributed by atoms with Crippen LogP contribution < -0.4 is 5.32 Å². The summed E-state index contributed by atoms with van der Waals surface area (Å²) in [4.78, 5) is 2.48. The van der Waals surface area contributed by atoms with Gasteiger partial charge in [-0.1, -0.05) is 57.5 Å². The van der Waals surface area contributed by atoms with Gasteiger partial charge in [0.05, 0.1) is 12.1 Å². The molecule has 2 N–H and O–H groups in total. The first-order chi connectivity index (χ1) is 10.1. The van der Waals surface area contributed by atoms with E-state index < -0.39 is 0 Å². The fraction of sp³-hybridized carbons (Fsp3) is 0.667. The monoisotopic (exact) mass is 292 g/mol. The van der Waals surface area contributed by atoms with Crippen molar-refractivity contribution in [3.05, 3.63) is 35.9 Å². The lowest BCUT2D eigenvalue weighted by atomic mass is 9.87. The molecule has 3 nitrogen and oxygen atoms in total. The van der Waals surface area contributed by atoms with Crippen LogP contribution >= 0.6 is 0 Å². The Labute approximate surface area is 130 Å². The molecule has 21 heavy (non-hydrogen) atoms. The predicted octanol–water partition coefficient (Wildman–Crippen LogP) is 2.85. The lowest BCUT2D eigenvalue weighted by Crippen LogP contribution is -2.46. The summed E-state index contributed by atoms with van der Waals surface area (Å²) in [7, 11) is 1.94. The number of rotatable bonds is 10. The maximum atomic E-state index is 9.96. The quantitative estimate of drug-likeness (QED) is 0.696. The highest BCUT2D eigenvalue weighted by Gasteiger charge is 2.29. The Hall–Kier alpha value is -0.900. The van der Waals surface area contributed by atoms with E-state index in [1.54, 1.807) is 0 Å². The molecule has 0 saturated heterocycles. The molecule has 2 atom stereocenters. The van der Waals surface area contributed by atoms with Gasteiger partial charge in [0.2, 0.25) is 0 Å². The molecule has 0 aromatic heterocycles. The van der Waals surface area contributed by atoms with E-state index in [0.717, 1.165) is 37.5 Å². The minimum absolute atomic E-state index is 0.119. The Bertz CT molecular complexity index is 376. The van der Waals surface area contributed by atoms with Crippen LogP contribution in [0.4, 0.5) is 0 Å². The fourth-order valence-electron chi connectivity index (χ4n) is 2.72. The average molecular weight is 292 g/mol. The largest absolute Gasteiger partial charge is 0.394 e. The molecule has 0 heterocycles. The van der Waals surface area contributed by atoms with Gasteiger partial charge < -0.3 is 15.3 Å². The first-order valence-corrected chi connectivity index (χ1v) is 8.19. The normalized spacial score (nSPS) is 15.9. The molecule has 1 aromatic carbocycles. The number of likely N-dealkylation sites (N-methyl/N-ethyl adjacent to an activating group) is 1. The Morgan fingerprint density at radius 1 is 1.24 bits per heavy atom. The van der Waals surface area contributed by atoms with Crippen molar-refractivity contribution in [3.63, 3.8) is 0 Å². The van der Waals surface area contributed by atoms with Gasteiger partial charge in [0.25, 0.3) is 0 Å². The van der Waals surface area contributed by atoms with Gasteiger partial charge in [0.1, 0.15) is 0 Å². The molecular weight excluding hydrogens is 260 g/mol. The zero-order valence-electron chi connectivity index (χ0n) is 14.1. The van der Waals surface area contributed by atoms with Crippen molar-refractivity contribution < 1.29 is 5.11 Å². The van der Waals surface area contributed by atoms with E-state index >= 15 is 0 Å². The number of hydrogen-bond acceptors (Lipinski definition) is 3. The van der Waals surface area contributed by atoms with Gasteiger partial charge in [-0.2, -0.15) is 0 Å². The average Bonchev–Trinajstić information content (AvgIpc) is 2.55. The zero-order valence-corrected chi connectivity index (χ0v) is 14.1. The van der Waals surface area contributed by atoms with Crippen molar-refractivity contribution in [1.29, 1.82) is 0 Å². The standard InChI is InChI=1S/C18H32N2O/c1-5-16(3)14-20(6-2)13-12-18(15-21,19-4)17-10-8-7-9-11-17/h7-11,16,19,21H,5-6,12-15H2,1-4H3. The molecule has 0 aliphatic heterocycles. The Morgan fingerprint density at radius 2 is 1.90 bits per heavy atom. The smallest absolute Gasteiger partial charge is 0.0678 e. The summed E-state index contributed by atoms with van der Waals surface area (Å²) in [5.74, 6) is 0.722. The van der Waals surface area contributed by atoms with Gasteiger partial charge in [-0.3, -0.25) is 0 Å². The van der Waals surface area contributed by atoms with Crippen LogP contribution in [0.3, 0.4) is 0 Å². The predicted molar refractivity (Wildman–Crippen MR) is 90.5 cm³/mol. The van der Waals surface area contributed by atoms with Crippen molar-refractivity contribution in [2.75, 3.05) is 33.3 Å². The number of benzene rings is 1. The highest BCUT2D eigenvalue weighted by atomic mass is 16.3. The van der Waals surface area contributed by atoms with Crippen LogP contribution in [0.1, 0.15) is 39.2 Å². The first-order valence-electron chi connectivity index (χ1n) is 8.19. The van der Waals surface area contributed by atoms with E-state index in [-0.39, 0.29) is 12.1 Å². The summed E-state index contributed by atoms with van der Waals surface area (Å²) >= 11 is 0. The summed E-state index contributed by atoms with van der Waals surface area (Å²) in [5.41, 5.74) is 0.819. The van der Waals surface area contributed by atoms with Crippen LogP contribution in [0, 0.1) is 5.92 Å². The van der Waals surface area contributed by atoms with Gasteiger partial charge in [-0.05, 0) is 31.5 Å². The molecule has 2 unspecified atom stereocenters. The lowest BCUT2D eigenvalue weighted by molar-refractivity contribution is 0.135. The maximum Gasteiger partial charge on any atom is 0.0678 e. The molecule has 0 radical (unpaired) electrons. The van der Waals surface area contributed by atoms with Crippen LogP contribution in [0.15, 0.2) is 30.3 Å². The number of nitrogens with zero attached hydrogens (tertiary/aromatic N) is 1. The SMILES string of the molecule is CCC(C)CN(CC)CCC(CO)(NC)c1ccccc1. The van der Waals surface area contributed by atoms with Crippen LogP contribution in [0.25, 0.3) is 0 Å². The summed E-state index contributed by atoms with van der Waals surface area (Å²) < 4.78 is 0. The second-order valence-electron chi connectivity index (χ2n) is 6.01. The van der Waals surface area contributed by atoms with E-state index in [2.05, 4.69) is 43.1 Å². The first kappa shape index (κ1) is 18.1. The number of aliphatic hydroxyl groups is 1. The van der Waals surface area contributed by atoms with Crippen molar-refractivity contribution in [1.82, 2.24) is 10.2 Å². The minimum atomic E-state index is -0.343. The summed E-state index contributed by atoms with van der Waals surface area (Å²) in [5, 5.41) is 13.3. The molecule has 120 valence electrons. The molecule has 0 spiro atoms. The Balaban J connectivity index is 2.74. The van der Waals surface area contributed by atoms with E-state index in [1.807, 2.05) is 25.2 Å². The van der Waals surface area contributed by atoms with Crippen LogP contribution in [-0.4, -0.2) is 43.3 Å². The summed E-state index contributed by atoms with van der Waals surface area (Å²) in [6, 6.07) is 10.3. The molecule has 1 rings (SSSR count). The number of hydrogen-bond donors (Lipinski definition) is 2. The van der Waals surface area contributed by atoms with Gasteiger partial charge in [-0.25, -0.2) is 0 Å². The van der Waals surface area contributed by atoms with Crippen molar-refractivity contribution in [3.8, 4) is 0 Å². The Morgan fingerprint density at radius 3 is 2.38 bits per heavy atom. The Kier molecular flexibility index (Phi) is 7.94. The second kappa shape index (κ2) is 9.19. The topological polar surface area (TPSA) is 35.5 Å². The molecule has 0 aliphatic rings. The molecule has 0 saturated carbocycles. The molecule has 1 aromatic rings. The molecule has 0 bridgehead atoms. The van der Waals surface area contributed by atoms with Crippen LogP contribution in [0.5, 0.6) is 0 Å². The molecule has 0 fully saturated rings. The molecule has 3 heteroatoms. The van der Waals surface area contributed by atoms with Gasteiger partial charge in [-0.15, -0.1) is 0 Å². The third-order valence-corrected chi connectivity index (χ3v) is 4.64. The van der Waals surface area contributed by atoms with Gasteiger partial charge >= 0.3 is 0 Å². The highest BCUT2D eigenvalue weighted by molar-refractivity contribution is 5.24. The zero-order chi connectivity index (χ0) is 15.7.